The highest BCUT2D eigenvalue weighted by Gasteiger charge is 2.14. The largest absolute Gasteiger partial charge is 0.298 e. The first kappa shape index (κ1) is 11.6. The van der Waals surface area contributed by atoms with Crippen molar-refractivity contribution in [3.05, 3.63) is 34.4 Å². The van der Waals surface area contributed by atoms with E-state index in [1.54, 1.807) is 13.0 Å². The quantitative estimate of drug-likeness (QED) is 0.479. The predicted molar refractivity (Wildman–Crippen MR) is 59.4 cm³/mol. The van der Waals surface area contributed by atoms with Gasteiger partial charge in [-0.25, -0.2) is 0 Å². The van der Waals surface area contributed by atoms with Crippen molar-refractivity contribution in [3.8, 4) is 6.07 Å². The van der Waals surface area contributed by atoms with Crippen LogP contribution in [0.2, 0.25) is 0 Å². The van der Waals surface area contributed by atoms with Gasteiger partial charge >= 0.3 is 0 Å². The van der Waals surface area contributed by atoms with Crippen molar-refractivity contribution in [2.45, 2.75) is 6.92 Å². The minimum Gasteiger partial charge on any atom is -0.298 e. The Bertz CT molecular complexity index is 460. The van der Waals surface area contributed by atoms with E-state index in [2.05, 4.69) is 15.9 Å². The van der Waals surface area contributed by atoms with Gasteiger partial charge in [-0.2, -0.15) is 5.26 Å². The lowest BCUT2D eigenvalue weighted by atomic mass is 9.97. The lowest BCUT2D eigenvalue weighted by Crippen LogP contribution is -2.07. The molecule has 0 aliphatic heterocycles. The zero-order valence-electron chi connectivity index (χ0n) is 8.08. The van der Waals surface area contributed by atoms with Gasteiger partial charge in [0.15, 0.2) is 12.1 Å². The molecule has 1 rings (SSSR count). The van der Waals surface area contributed by atoms with Gasteiger partial charge in [0.05, 0.1) is 17.0 Å². The number of aryl methyl sites for hydroxylation is 1. The first-order valence-corrected chi connectivity index (χ1v) is 5.35. The number of carbonyl (C=O) groups excluding carboxylic acids is 2. The molecule has 0 spiro atoms. The molecule has 0 aliphatic carbocycles. The van der Waals surface area contributed by atoms with Crippen LogP contribution in [0.5, 0.6) is 0 Å². The van der Waals surface area contributed by atoms with E-state index >= 15 is 0 Å². The van der Waals surface area contributed by atoms with Crippen LogP contribution in [0.3, 0.4) is 0 Å². The molecule has 15 heavy (non-hydrogen) atoms. The third-order valence-corrected chi connectivity index (χ3v) is 2.53. The van der Waals surface area contributed by atoms with Gasteiger partial charge in [-0.05, 0) is 24.6 Å². The van der Waals surface area contributed by atoms with Crippen LogP contribution in [0, 0.1) is 18.3 Å². The number of halogens is 1. The normalized spacial score (nSPS) is 9.40. The van der Waals surface area contributed by atoms with Gasteiger partial charge < -0.3 is 0 Å². The monoisotopic (exact) mass is 265 g/mol. The maximum atomic E-state index is 11.5. The molecule has 1 aromatic rings. The Balaban J connectivity index is 3.45. The lowest BCUT2D eigenvalue weighted by molar-refractivity contribution is 0.101. The number of rotatable bonds is 3. The number of ketones is 1. The second kappa shape index (κ2) is 4.85. The Kier molecular flexibility index (Phi) is 3.75. The van der Waals surface area contributed by atoms with Crippen LogP contribution >= 0.6 is 15.9 Å². The van der Waals surface area contributed by atoms with E-state index in [4.69, 9.17) is 5.26 Å². The maximum absolute atomic E-state index is 11.5. The van der Waals surface area contributed by atoms with Gasteiger partial charge in [0.2, 0.25) is 0 Å². The van der Waals surface area contributed by atoms with Gasteiger partial charge in [-0.3, -0.25) is 9.59 Å². The summed E-state index contributed by atoms with van der Waals surface area (Å²) in [6.07, 6.45) is 0.601. The summed E-state index contributed by atoms with van der Waals surface area (Å²) in [4.78, 5) is 22.3. The highest BCUT2D eigenvalue weighted by Crippen LogP contribution is 2.17. The molecule has 0 bridgehead atoms. The second-order valence-corrected chi connectivity index (χ2v) is 3.60. The Morgan fingerprint density at radius 2 is 2.27 bits per heavy atom. The standard InChI is InChI=1S/C11H8BrNO2/c1-7-2-8(5-13)3-9(6-14)11(7)10(15)4-12/h2-3,6H,4H2,1H3. The molecule has 0 heterocycles. The molecule has 1 aromatic carbocycles. The van der Waals surface area contributed by atoms with E-state index in [-0.39, 0.29) is 16.7 Å². The summed E-state index contributed by atoms with van der Waals surface area (Å²) in [5, 5.41) is 8.88. The summed E-state index contributed by atoms with van der Waals surface area (Å²) < 4.78 is 0. The third-order valence-electron chi connectivity index (χ3n) is 2.02. The average Bonchev–Trinajstić information content (AvgIpc) is 2.26. The average molecular weight is 266 g/mol. The number of alkyl halides is 1. The fraction of sp³-hybridized carbons (Fsp3) is 0.182. The van der Waals surface area contributed by atoms with E-state index < -0.39 is 0 Å². The number of hydrogen-bond acceptors (Lipinski definition) is 3. The van der Waals surface area contributed by atoms with Gasteiger partial charge in [-0.15, -0.1) is 0 Å². The minimum atomic E-state index is -0.154. The zero-order valence-corrected chi connectivity index (χ0v) is 9.67. The number of carbonyl (C=O) groups is 2. The number of nitriles is 1. The molecule has 0 atom stereocenters. The van der Waals surface area contributed by atoms with Crippen molar-refractivity contribution in [3.63, 3.8) is 0 Å². The number of benzene rings is 1. The molecule has 0 N–H and O–H groups in total. The molecular weight excluding hydrogens is 258 g/mol. The number of aldehydes is 1. The molecule has 0 unspecified atom stereocenters. The fourth-order valence-corrected chi connectivity index (χ4v) is 1.70. The molecule has 0 radical (unpaired) electrons. The summed E-state index contributed by atoms with van der Waals surface area (Å²) in [6.45, 7) is 1.71. The number of nitrogens with zero attached hydrogens (tertiary/aromatic N) is 1. The van der Waals surface area contributed by atoms with Crippen LogP contribution in [0.25, 0.3) is 0 Å². The van der Waals surface area contributed by atoms with E-state index in [1.165, 1.54) is 6.07 Å². The van der Waals surface area contributed by atoms with Crippen LogP contribution in [0.15, 0.2) is 12.1 Å². The summed E-state index contributed by atoms with van der Waals surface area (Å²) in [5.74, 6) is -0.154. The highest BCUT2D eigenvalue weighted by molar-refractivity contribution is 9.09. The molecule has 0 saturated carbocycles. The van der Waals surface area contributed by atoms with Gasteiger partial charge in [0.25, 0.3) is 0 Å². The third kappa shape index (κ3) is 2.31. The highest BCUT2D eigenvalue weighted by atomic mass is 79.9. The predicted octanol–water partition coefficient (Wildman–Crippen LogP) is 2.26. The first-order valence-electron chi connectivity index (χ1n) is 4.23. The van der Waals surface area contributed by atoms with Gasteiger partial charge in [0.1, 0.15) is 0 Å². The van der Waals surface area contributed by atoms with Crippen LogP contribution in [0.4, 0.5) is 0 Å². The smallest absolute Gasteiger partial charge is 0.174 e. The summed E-state index contributed by atoms with van der Waals surface area (Å²) in [5.41, 5.74) is 1.71. The molecule has 0 aliphatic rings. The topological polar surface area (TPSA) is 57.9 Å². The Labute approximate surface area is 95.8 Å². The van der Waals surface area contributed by atoms with E-state index in [0.717, 1.165) is 0 Å². The van der Waals surface area contributed by atoms with E-state index in [0.29, 0.717) is 23.0 Å². The van der Waals surface area contributed by atoms with Crippen molar-refractivity contribution in [1.82, 2.24) is 0 Å². The Morgan fingerprint density at radius 3 is 2.73 bits per heavy atom. The Hall–Kier alpha value is -1.47. The van der Waals surface area contributed by atoms with Crippen LogP contribution in [-0.2, 0) is 0 Å². The minimum absolute atomic E-state index is 0.154. The molecule has 3 nitrogen and oxygen atoms in total. The number of hydrogen-bond donors (Lipinski definition) is 0. The van der Waals surface area contributed by atoms with Gasteiger partial charge in [-0.1, -0.05) is 15.9 Å². The molecule has 4 heteroatoms. The van der Waals surface area contributed by atoms with Crippen LogP contribution in [0.1, 0.15) is 31.8 Å². The molecule has 0 fully saturated rings. The van der Waals surface area contributed by atoms with Crippen molar-refractivity contribution in [2.75, 3.05) is 5.33 Å². The summed E-state index contributed by atoms with van der Waals surface area (Å²) >= 11 is 3.05. The number of Topliss-reactive ketones (excluding diaryl/α,β-unsaturated/α-hetero) is 1. The molecule has 0 saturated heterocycles. The lowest BCUT2D eigenvalue weighted by Gasteiger charge is -2.06. The molecular formula is C11H8BrNO2. The van der Waals surface area contributed by atoms with Crippen molar-refractivity contribution >= 4 is 28.0 Å². The van der Waals surface area contributed by atoms with E-state index in [9.17, 15) is 9.59 Å². The van der Waals surface area contributed by atoms with Crippen molar-refractivity contribution in [2.24, 2.45) is 0 Å². The zero-order chi connectivity index (χ0) is 11.4. The SMILES string of the molecule is Cc1cc(C#N)cc(C=O)c1C(=O)CBr. The van der Waals surface area contributed by atoms with Crippen LogP contribution in [-0.4, -0.2) is 17.4 Å². The molecule has 0 aromatic heterocycles. The fourth-order valence-electron chi connectivity index (χ4n) is 1.42. The Morgan fingerprint density at radius 1 is 1.60 bits per heavy atom. The summed E-state index contributed by atoms with van der Waals surface area (Å²) in [7, 11) is 0. The maximum Gasteiger partial charge on any atom is 0.174 e. The van der Waals surface area contributed by atoms with E-state index in [1.807, 2.05) is 6.07 Å². The van der Waals surface area contributed by atoms with Gasteiger partial charge in [0, 0.05) is 11.1 Å². The summed E-state index contributed by atoms with van der Waals surface area (Å²) in [6, 6.07) is 4.97. The van der Waals surface area contributed by atoms with Crippen molar-refractivity contribution < 1.29 is 9.59 Å². The first-order chi connectivity index (χ1) is 7.13. The molecule has 76 valence electrons. The molecule has 0 amide bonds. The second-order valence-electron chi connectivity index (χ2n) is 3.04. The van der Waals surface area contributed by atoms with Crippen LogP contribution < -0.4 is 0 Å². The van der Waals surface area contributed by atoms with Crippen molar-refractivity contribution in [1.29, 1.82) is 5.26 Å².